The van der Waals surface area contributed by atoms with Gasteiger partial charge in [-0.15, -0.1) is 0 Å². The van der Waals surface area contributed by atoms with Crippen LogP contribution in [-0.2, 0) is 4.79 Å². The van der Waals surface area contributed by atoms with Crippen molar-refractivity contribution in [3.8, 4) is 0 Å². The predicted molar refractivity (Wildman–Crippen MR) is 105 cm³/mol. The van der Waals surface area contributed by atoms with E-state index in [1.165, 1.54) is 6.08 Å². The molecule has 1 N–H and O–H groups in total. The molecule has 0 saturated heterocycles. The second-order valence-corrected chi connectivity index (χ2v) is 6.60. The smallest absolute Gasteiger partial charge is 0.248 e. The van der Waals surface area contributed by atoms with Gasteiger partial charge in [-0.3, -0.25) is 9.78 Å². The molecule has 0 saturated carbocycles. The largest absolute Gasteiger partial charge is 0.322 e. The number of fused-ring (bicyclic) bond motifs is 1. The second-order valence-electron chi connectivity index (χ2n) is 5.75. The van der Waals surface area contributed by atoms with Crippen molar-refractivity contribution in [2.24, 2.45) is 0 Å². The molecule has 126 valence electrons. The molecule has 3 aromatic rings. The van der Waals surface area contributed by atoms with Gasteiger partial charge in [-0.05, 0) is 61.4 Å². The van der Waals surface area contributed by atoms with Crippen LogP contribution in [0.25, 0.3) is 17.0 Å². The van der Waals surface area contributed by atoms with Gasteiger partial charge in [0.2, 0.25) is 5.91 Å². The van der Waals surface area contributed by atoms with Crippen molar-refractivity contribution in [2.75, 3.05) is 5.32 Å². The Morgan fingerprint density at radius 1 is 1.08 bits per heavy atom. The second kappa shape index (κ2) is 7.26. The molecule has 0 bridgehead atoms. The number of pyridine rings is 1. The Labute approximate surface area is 156 Å². The molecule has 25 heavy (non-hydrogen) atoms. The highest BCUT2D eigenvalue weighted by Gasteiger charge is 2.10. The molecular weight excluding hydrogens is 355 g/mol. The number of aromatic nitrogens is 1. The summed E-state index contributed by atoms with van der Waals surface area (Å²) in [5.74, 6) is -0.213. The summed E-state index contributed by atoms with van der Waals surface area (Å²) in [6.07, 6.45) is 3.23. The minimum absolute atomic E-state index is 0.213. The molecule has 0 aliphatic heterocycles. The van der Waals surface area contributed by atoms with E-state index in [2.05, 4.69) is 10.3 Å². The van der Waals surface area contributed by atoms with Gasteiger partial charge in [0.25, 0.3) is 0 Å². The third-order valence-electron chi connectivity index (χ3n) is 3.85. The number of hydrogen-bond acceptors (Lipinski definition) is 2. The van der Waals surface area contributed by atoms with Crippen LogP contribution in [0.5, 0.6) is 0 Å². The van der Waals surface area contributed by atoms with Crippen molar-refractivity contribution < 1.29 is 4.79 Å². The van der Waals surface area contributed by atoms with E-state index in [0.29, 0.717) is 15.7 Å². The van der Waals surface area contributed by atoms with E-state index >= 15 is 0 Å². The molecule has 0 atom stereocenters. The lowest BCUT2D eigenvalue weighted by atomic mass is 10.1. The number of nitrogens with one attached hydrogen (secondary N) is 1. The zero-order chi connectivity index (χ0) is 18.0. The van der Waals surface area contributed by atoms with Crippen molar-refractivity contribution in [1.29, 1.82) is 0 Å². The van der Waals surface area contributed by atoms with Gasteiger partial charge in [0.05, 0.1) is 11.2 Å². The minimum atomic E-state index is -0.213. The number of nitrogens with zero attached hydrogens (tertiary/aromatic N) is 1. The zero-order valence-corrected chi connectivity index (χ0v) is 15.3. The van der Waals surface area contributed by atoms with Crippen molar-refractivity contribution in [2.45, 2.75) is 13.8 Å². The molecule has 0 unspecified atom stereocenters. The predicted octanol–water partition coefficient (Wildman–Crippen LogP) is 5.81. The van der Waals surface area contributed by atoms with E-state index in [9.17, 15) is 4.79 Å². The highest BCUT2D eigenvalue weighted by atomic mass is 35.5. The summed E-state index contributed by atoms with van der Waals surface area (Å²) in [7, 11) is 0. The van der Waals surface area contributed by atoms with Crippen LogP contribution in [0.3, 0.4) is 0 Å². The lowest BCUT2D eigenvalue weighted by Crippen LogP contribution is -2.09. The Hall–Kier alpha value is -2.36. The van der Waals surface area contributed by atoms with E-state index in [1.54, 1.807) is 18.2 Å². The topological polar surface area (TPSA) is 42.0 Å². The van der Waals surface area contributed by atoms with Gasteiger partial charge < -0.3 is 5.32 Å². The summed E-state index contributed by atoms with van der Waals surface area (Å²) in [4.78, 5) is 16.8. The highest BCUT2D eigenvalue weighted by Crippen LogP contribution is 2.29. The van der Waals surface area contributed by atoms with Gasteiger partial charge in [0.1, 0.15) is 0 Å². The van der Waals surface area contributed by atoms with Crippen molar-refractivity contribution >= 4 is 51.8 Å². The number of carbonyl (C=O) groups is 1. The molecule has 3 nitrogen and oxygen atoms in total. The Balaban J connectivity index is 1.88. The van der Waals surface area contributed by atoms with Crippen LogP contribution in [0.1, 0.15) is 16.8 Å². The molecule has 0 aliphatic carbocycles. The summed E-state index contributed by atoms with van der Waals surface area (Å²) < 4.78 is 0. The van der Waals surface area contributed by atoms with Gasteiger partial charge in [0, 0.05) is 27.2 Å². The van der Waals surface area contributed by atoms with Crippen molar-refractivity contribution in [3.05, 3.63) is 75.4 Å². The van der Waals surface area contributed by atoms with Gasteiger partial charge in [-0.2, -0.15) is 0 Å². The van der Waals surface area contributed by atoms with E-state index in [-0.39, 0.29) is 5.91 Å². The summed E-state index contributed by atoms with van der Waals surface area (Å²) >= 11 is 12.0. The standard InChI is InChI=1S/C20H16Cl2N2O/c1-12-11-18(16-8-9-17(22)13(2)20(16)23-12)24-19(25)10-5-14-3-6-15(21)7-4-14/h3-11H,1-2H3,(H,23,24,25)/b10-5+. The summed E-state index contributed by atoms with van der Waals surface area (Å²) in [5, 5.41) is 5.10. The summed E-state index contributed by atoms with van der Waals surface area (Å²) in [5.41, 5.74) is 4.13. The minimum Gasteiger partial charge on any atom is -0.322 e. The number of carbonyl (C=O) groups excluding carboxylic acids is 1. The Kier molecular flexibility index (Phi) is 5.07. The van der Waals surface area contributed by atoms with E-state index < -0.39 is 0 Å². The fraction of sp³-hybridized carbons (Fsp3) is 0.100. The highest BCUT2D eigenvalue weighted by molar-refractivity contribution is 6.32. The molecule has 1 aromatic heterocycles. The average molecular weight is 371 g/mol. The molecule has 3 rings (SSSR count). The Bertz CT molecular complexity index is 979. The lowest BCUT2D eigenvalue weighted by molar-refractivity contribution is -0.111. The number of rotatable bonds is 3. The average Bonchev–Trinajstić information content (AvgIpc) is 2.58. The Morgan fingerprint density at radius 3 is 2.52 bits per heavy atom. The first-order chi connectivity index (χ1) is 11.9. The number of halogens is 2. The van der Waals surface area contributed by atoms with Gasteiger partial charge in [-0.1, -0.05) is 35.3 Å². The molecule has 0 radical (unpaired) electrons. The quantitative estimate of drug-likeness (QED) is 0.591. The monoisotopic (exact) mass is 370 g/mol. The molecule has 5 heteroatoms. The van der Waals surface area contributed by atoms with Crippen LogP contribution in [0.2, 0.25) is 10.0 Å². The fourth-order valence-electron chi connectivity index (χ4n) is 2.56. The first kappa shape index (κ1) is 17.5. The van der Waals surface area contributed by atoms with E-state index in [4.69, 9.17) is 23.2 Å². The van der Waals surface area contributed by atoms with Crippen LogP contribution in [0.15, 0.2) is 48.5 Å². The molecule has 0 spiro atoms. The van der Waals surface area contributed by atoms with Gasteiger partial charge in [0.15, 0.2) is 0 Å². The first-order valence-electron chi connectivity index (χ1n) is 7.75. The number of hydrogen-bond donors (Lipinski definition) is 1. The maximum atomic E-state index is 12.3. The zero-order valence-electron chi connectivity index (χ0n) is 13.8. The molecule has 1 heterocycles. The number of anilines is 1. The van der Waals surface area contributed by atoms with Crippen LogP contribution in [0.4, 0.5) is 5.69 Å². The molecule has 2 aromatic carbocycles. The molecule has 0 aliphatic rings. The molecular formula is C20H16Cl2N2O. The van der Waals surface area contributed by atoms with Crippen LogP contribution >= 0.6 is 23.2 Å². The van der Waals surface area contributed by atoms with Gasteiger partial charge in [-0.25, -0.2) is 0 Å². The number of amides is 1. The normalized spacial score (nSPS) is 11.2. The van der Waals surface area contributed by atoms with E-state index in [0.717, 1.165) is 27.7 Å². The SMILES string of the molecule is Cc1cc(NC(=O)/C=C/c2ccc(Cl)cc2)c2ccc(Cl)c(C)c2n1. The maximum Gasteiger partial charge on any atom is 0.248 e. The van der Waals surface area contributed by atoms with Crippen LogP contribution in [-0.4, -0.2) is 10.9 Å². The van der Waals surface area contributed by atoms with E-state index in [1.807, 2.05) is 44.2 Å². The van der Waals surface area contributed by atoms with Crippen LogP contribution in [0, 0.1) is 13.8 Å². The lowest BCUT2D eigenvalue weighted by Gasteiger charge is -2.11. The molecule has 1 amide bonds. The summed E-state index contributed by atoms with van der Waals surface area (Å²) in [6, 6.07) is 12.8. The number of benzene rings is 2. The first-order valence-corrected chi connectivity index (χ1v) is 8.51. The van der Waals surface area contributed by atoms with Crippen molar-refractivity contribution in [1.82, 2.24) is 4.98 Å². The number of aryl methyl sites for hydroxylation is 2. The third kappa shape index (κ3) is 4.01. The maximum absolute atomic E-state index is 12.3. The van der Waals surface area contributed by atoms with Crippen molar-refractivity contribution in [3.63, 3.8) is 0 Å². The summed E-state index contributed by atoms with van der Waals surface area (Å²) in [6.45, 7) is 3.81. The Morgan fingerprint density at radius 2 is 1.80 bits per heavy atom. The van der Waals surface area contributed by atoms with Crippen LogP contribution < -0.4 is 5.32 Å². The molecule has 0 fully saturated rings. The third-order valence-corrected chi connectivity index (χ3v) is 4.51. The fourth-order valence-corrected chi connectivity index (χ4v) is 2.83. The van der Waals surface area contributed by atoms with Gasteiger partial charge >= 0.3 is 0 Å².